The molecular formula is C12H13FO4S. The van der Waals surface area contributed by atoms with Gasteiger partial charge in [0.25, 0.3) is 0 Å². The zero-order valence-corrected chi connectivity index (χ0v) is 10.6. The van der Waals surface area contributed by atoms with Gasteiger partial charge in [-0.1, -0.05) is 6.08 Å². The number of hydrogen-bond donors (Lipinski definition) is 1. The lowest BCUT2D eigenvalue weighted by atomic mass is 10.1. The lowest BCUT2D eigenvalue weighted by molar-refractivity contribution is 0.0691. The quantitative estimate of drug-likeness (QED) is 0.658. The molecule has 0 fully saturated rings. The summed E-state index contributed by atoms with van der Waals surface area (Å²) in [6, 6.07) is 1.99. The van der Waals surface area contributed by atoms with Crippen molar-refractivity contribution in [2.24, 2.45) is 0 Å². The smallest absolute Gasteiger partial charge is 0.338 e. The van der Waals surface area contributed by atoms with E-state index in [-0.39, 0.29) is 22.6 Å². The van der Waals surface area contributed by atoms with Gasteiger partial charge in [0.1, 0.15) is 5.82 Å². The van der Waals surface area contributed by atoms with E-state index in [1.165, 1.54) is 13.0 Å². The standard InChI is InChI=1S/C12H13FO4S/c1-3-4-5-18(16,17)9-6-8(2)11(13)10(7-9)12(14)15/h3,6-7H,1,4-5H2,2H3,(H,14,15). The summed E-state index contributed by atoms with van der Waals surface area (Å²) in [5.74, 6) is -2.58. The van der Waals surface area contributed by atoms with Gasteiger partial charge >= 0.3 is 5.97 Å². The Morgan fingerprint density at radius 1 is 1.50 bits per heavy atom. The number of hydrogen-bond acceptors (Lipinski definition) is 3. The van der Waals surface area contributed by atoms with Gasteiger partial charge < -0.3 is 5.11 Å². The molecule has 6 heteroatoms. The second kappa shape index (κ2) is 5.30. The van der Waals surface area contributed by atoms with Crippen molar-refractivity contribution in [2.45, 2.75) is 18.2 Å². The molecule has 0 saturated heterocycles. The van der Waals surface area contributed by atoms with E-state index in [4.69, 9.17) is 5.11 Å². The number of allylic oxidation sites excluding steroid dienone is 1. The van der Waals surface area contributed by atoms with Crippen LogP contribution >= 0.6 is 0 Å². The van der Waals surface area contributed by atoms with E-state index in [1.807, 2.05) is 0 Å². The predicted octanol–water partition coefficient (Wildman–Crippen LogP) is 2.18. The molecule has 18 heavy (non-hydrogen) atoms. The largest absolute Gasteiger partial charge is 0.478 e. The van der Waals surface area contributed by atoms with Gasteiger partial charge in [-0.25, -0.2) is 17.6 Å². The molecule has 0 aliphatic rings. The van der Waals surface area contributed by atoms with Crippen LogP contribution in [0, 0.1) is 12.7 Å². The number of halogens is 1. The molecule has 98 valence electrons. The average molecular weight is 272 g/mol. The minimum absolute atomic E-state index is 0.00734. The highest BCUT2D eigenvalue weighted by molar-refractivity contribution is 7.91. The van der Waals surface area contributed by atoms with Gasteiger partial charge in [0.2, 0.25) is 0 Å². The highest BCUT2D eigenvalue weighted by atomic mass is 32.2. The van der Waals surface area contributed by atoms with Crippen LogP contribution in [0.4, 0.5) is 4.39 Å². The monoisotopic (exact) mass is 272 g/mol. The van der Waals surface area contributed by atoms with E-state index >= 15 is 0 Å². The third-order valence-corrected chi connectivity index (χ3v) is 4.14. The number of carbonyl (C=O) groups is 1. The van der Waals surface area contributed by atoms with E-state index in [1.54, 1.807) is 0 Å². The molecule has 4 nitrogen and oxygen atoms in total. The highest BCUT2D eigenvalue weighted by Gasteiger charge is 2.20. The summed E-state index contributed by atoms with van der Waals surface area (Å²) in [6.45, 7) is 4.74. The van der Waals surface area contributed by atoms with Crippen LogP contribution in [0.5, 0.6) is 0 Å². The van der Waals surface area contributed by atoms with Crippen LogP contribution in [-0.4, -0.2) is 25.2 Å². The van der Waals surface area contributed by atoms with Crippen LogP contribution in [0.15, 0.2) is 29.7 Å². The zero-order valence-electron chi connectivity index (χ0n) is 9.81. The van der Waals surface area contributed by atoms with E-state index < -0.39 is 27.2 Å². The van der Waals surface area contributed by atoms with Crippen LogP contribution in [0.3, 0.4) is 0 Å². The molecule has 1 aromatic carbocycles. The normalized spacial score (nSPS) is 11.2. The van der Waals surface area contributed by atoms with Gasteiger partial charge in [0, 0.05) is 0 Å². The fraction of sp³-hybridized carbons (Fsp3) is 0.250. The van der Waals surface area contributed by atoms with Crippen molar-refractivity contribution < 1.29 is 22.7 Å². The van der Waals surface area contributed by atoms with Gasteiger partial charge in [0.05, 0.1) is 16.2 Å². The zero-order chi connectivity index (χ0) is 13.9. The average Bonchev–Trinajstić information content (AvgIpc) is 2.29. The Hall–Kier alpha value is -1.69. The lowest BCUT2D eigenvalue weighted by Crippen LogP contribution is -2.10. The molecule has 0 aliphatic carbocycles. The number of benzene rings is 1. The maximum absolute atomic E-state index is 13.5. The number of rotatable bonds is 5. The van der Waals surface area contributed by atoms with E-state index in [0.29, 0.717) is 0 Å². The topological polar surface area (TPSA) is 71.4 Å². The van der Waals surface area contributed by atoms with Crippen LogP contribution in [-0.2, 0) is 9.84 Å². The number of aryl methyl sites for hydroxylation is 1. The summed E-state index contributed by atoms with van der Waals surface area (Å²) < 4.78 is 37.2. The molecule has 1 rings (SSSR count). The predicted molar refractivity (Wildman–Crippen MR) is 65.0 cm³/mol. The maximum atomic E-state index is 13.5. The summed E-state index contributed by atoms with van der Waals surface area (Å²) in [5.41, 5.74) is -0.640. The first-order valence-corrected chi connectivity index (χ1v) is 6.82. The molecule has 0 aromatic heterocycles. The number of sulfone groups is 1. The highest BCUT2D eigenvalue weighted by Crippen LogP contribution is 2.20. The molecule has 0 radical (unpaired) electrons. The van der Waals surface area contributed by atoms with Crippen molar-refractivity contribution >= 4 is 15.8 Å². The fourth-order valence-electron chi connectivity index (χ4n) is 1.43. The second-order valence-electron chi connectivity index (χ2n) is 3.80. The molecule has 0 atom stereocenters. The Bertz CT molecular complexity index is 590. The fourth-order valence-corrected chi connectivity index (χ4v) is 2.79. The molecule has 0 heterocycles. The van der Waals surface area contributed by atoms with E-state index in [0.717, 1.165) is 12.1 Å². The third-order valence-electron chi connectivity index (χ3n) is 2.41. The van der Waals surface area contributed by atoms with Crippen molar-refractivity contribution in [1.29, 1.82) is 0 Å². The molecule has 0 saturated carbocycles. The minimum Gasteiger partial charge on any atom is -0.478 e. The minimum atomic E-state index is -3.62. The van der Waals surface area contributed by atoms with Crippen molar-refractivity contribution in [2.75, 3.05) is 5.75 Å². The van der Waals surface area contributed by atoms with Gasteiger partial charge in [-0.2, -0.15) is 0 Å². The Morgan fingerprint density at radius 3 is 2.61 bits per heavy atom. The number of aromatic carboxylic acids is 1. The summed E-state index contributed by atoms with van der Waals surface area (Å²) >= 11 is 0. The number of carboxylic acid groups (broad SMARTS) is 1. The van der Waals surface area contributed by atoms with Crippen LogP contribution < -0.4 is 0 Å². The summed E-state index contributed by atoms with van der Waals surface area (Å²) in [4.78, 5) is 10.6. The van der Waals surface area contributed by atoms with Crippen molar-refractivity contribution in [3.05, 3.63) is 41.7 Å². The van der Waals surface area contributed by atoms with Gasteiger partial charge in [-0.05, 0) is 31.0 Å². The Balaban J connectivity index is 3.35. The van der Waals surface area contributed by atoms with Crippen LogP contribution in [0.1, 0.15) is 22.3 Å². The number of carboxylic acids is 1. The van der Waals surface area contributed by atoms with Crippen LogP contribution in [0.2, 0.25) is 0 Å². The molecule has 0 amide bonds. The summed E-state index contributed by atoms with van der Waals surface area (Å²) in [5, 5.41) is 8.81. The summed E-state index contributed by atoms with van der Waals surface area (Å²) in [6.07, 6.45) is 1.70. The third kappa shape index (κ3) is 2.95. The second-order valence-corrected chi connectivity index (χ2v) is 5.91. The molecule has 0 bridgehead atoms. The van der Waals surface area contributed by atoms with Crippen molar-refractivity contribution in [3.8, 4) is 0 Å². The van der Waals surface area contributed by atoms with Gasteiger partial charge in [-0.3, -0.25) is 0 Å². The maximum Gasteiger partial charge on any atom is 0.338 e. The lowest BCUT2D eigenvalue weighted by Gasteiger charge is -2.07. The Kier molecular flexibility index (Phi) is 4.24. The molecule has 1 N–H and O–H groups in total. The van der Waals surface area contributed by atoms with Gasteiger partial charge in [0.15, 0.2) is 9.84 Å². The van der Waals surface area contributed by atoms with E-state index in [9.17, 15) is 17.6 Å². The van der Waals surface area contributed by atoms with Crippen molar-refractivity contribution in [3.63, 3.8) is 0 Å². The first kappa shape index (κ1) is 14.4. The first-order chi connectivity index (χ1) is 8.29. The molecule has 1 aromatic rings. The molecule has 0 unspecified atom stereocenters. The van der Waals surface area contributed by atoms with E-state index in [2.05, 4.69) is 6.58 Å². The van der Waals surface area contributed by atoms with Gasteiger partial charge in [-0.15, -0.1) is 6.58 Å². The molecule has 0 aliphatic heterocycles. The van der Waals surface area contributed by atoms with Crippen molar-refractivity contribution in [1.82, 2.24) is 0 Å². The summed E-state index contributed by atoms with van der Waals surface area (Å²) in [7, 11) is -3.62. The first-order valence-electron chi connectivity index (χ1n) is 5.16. The SMILES string of the molecule is C=CCCS(=O)(=O)c1cc(C)c(F)c(C(=O)O)c1. The Labute approximate surface area is 105 Å². The van der Waals surface area contributed by atoms with Crippen LogP contribution in [0.25, 0.3) is 0 Å². The molecule has 0 spiro atoms. The Morgan fingerprint density at radius 2 is 2.11 bits per heavy atom. The molecular weight excluding hydrogens is 259 g/mol.